The number of rotatable bonds is 4. The quantitative estimate of drug-likeness (QED) is 0.600. The summed E-state index contributed by atoms with van der Waals surface area (Å²) >= 11 is 0. The third-order valence-electron chi connectivity index (χ3n) is 2.34. The van der Waals surface area contributed by atoms with E-state index in [2.05, 4.69) is 13.8 Å². The fraction of sp³-hybridized carbons (Fsp3) is 1.00. The van der Waals surface area contributed by atoms with Crippen molar-refractivity contribution in [3.8, 4) is 0 Å². The second kappa shape index (κ2) is 4.02. The van der Waals surface area contributed by atoms with Crippen LogP contribution in [0.1, 0.15) is 33.1 Å². The van der Waals surface area contributed by atoms with Gasteiger partial charge >= 0.3 is 0 Å². The van der Waals surface area contributed by atoms with Gasteiger partial charge in [-0.2, -0.15) is 13.6 Å². The van der Waals surface area contributed by atoms with Crippen LogP contribution >= 0.6 is 0 Å². The lowest BCUT2D eigenvalue weighted by Crippen LogP contribution is -2.31. The summed E-state index contributed by atoms with van der Waals surface area (Å²) in [6.45, 7) is 8.25. The molecule has 0 aliphatic carbocycles. The highest BCUT2D eigenvalue weighted by atomic mass is 16.2. The second-order valence-electron chi connectivity index (χ2n) is 3.87. The van der Waals surface area contributed by atoms with Crippen molar-refractivity contribution in [2.45, 2.75) is 52.6 Å². The molecule has 0 aromatic heterocycles. The highest BCUT2D eigenvalue weighted by Gasteiger charge is 2.18. The van der Waals surface area contributed by atoms with Crippen molar-refractivity contribution in [2.24, 2.45) is 0 Å². The second-order valence-corrected chi connectivity index (χ2v) is 3.87. The number of hydrogen-bond donors (Lipinski definition) is 1. The monoisotopic (exact) mass is 143 g/mol. The molecule has 0 heterocycles. The van der Waals surface area contributed by atoms with Crippen LogP contribution in [0.3, 0.4) is 0 Å². The topological polar surface area (TPSA) is 20.2 Å². The molecule has 0 radical (unpaired) electrons. The Morgan fingerprint density at radius 3 is 1.90 bits per heavy atom. The van der Waals surface area contributed by atoms with Gasteiger partial charge < -0.3 is 5.02 Å². The lowest BCUT2D eigenvalue weighted by atomic mass is 9.35. The van der Waals surface area contributed by atoms with E-state index in [0.717, 1.165) is 6.42 Å². The fourth-order valence-electron chi connectivity index (χ4n) is 1.56. The zero-order chi connectivity index (χ0) is 8.20. The van der Waals surface area contributed by atoms with Crippen LogP contribution in [0.2, 0.25) is 19.5 Å². The predicted molar refractivity (Wildman–Crippen MR) is 48.6 cm³/mol. The molecule has 0 spiro atoms. The smallest absolute Gasteiger partial charge is 0.108 e. The van der Waals surface area contributed by atoms with Gasteiger partial charge in [-0.1, -0.05) is 33.1 Å². The normalized spacial score (nSPS) is 15.3. The Hall–Kier alpha value is 0.0249. The predicted octanol–water partition coefficient (Wildman–Crippen LogP) is 2.76. The third-order valence-corrected chi connectivity index (χ3v) is 2.34. The van der Waals surface area contributed by atoms with Gasteiger partial charge in [-0.05, 0) is 0 Å². The minimum atomic E-state index is -1.08. The van der Waals surface area contributed by atoms with Crippen molar-refractivity contribution >= 4 is 6.35 Å². The van der Waals surface area contributed by atoms with E-state index >= 15 is 0 Å². The summed E-state index contributed by atoms with van der Waals surface area (Å²) in [6, 6.07) is 0. The van der Waals surface area contributed by atoms with Crippen LogP contribution in [0.4, 0.5) is 0 Å². The zero-order valence-electron chi connectivity index (χ0n) is 7.72. The summed E-state index contributed by atoms with van der Waals surface area (Å²) in [5, 5.41) is 9.67. The molecule has 10 heavy (non-hydrogen) atoms. The minimum Gasteiger partial charge on any atom is -0.604 e. The Labute approximate surface area is 64.8 Å². The van der Waals surface area contributed by atoms with Gasteiger partial charge in [0, 0.05) is 0 Å². The lowest BCUT2D eigenvalue weighted by Gasteiger charge is -2.33. The van der Waals surface area contributed by atoms with Gasteiger partial charge in [0.25, 0.3) is 0 Å². The summed E-state index contributed by atoms with van der Waals surface area (Å²) < 4.78 is 0. The van der Waals surface area contributed by atoms with Gasteiger partial charge in [0.1, 0.15) is 6.35 Å². The Kier molecular flexibility index (Phi) is 4.03. The summed E-state index contributed by atoms with van der Waals surface area (Å²) in [5.41, 5.74) is 0. The van der Waals surface area contributed by atoms with Crippen LogP contribution in [0.5, 0.6) is 0 Å². The van der Waals surface area contributed by atoms with Crippen molar-refractivity contribution < 1.29 is 5.02 Å². The molecule has 0 amide bonds. The average Bonchev–Trinajstić information content (AvgIpc) is 1.80. The summed E-state index contributed by atoms with van der Waals surface area (Å²) in [5.74, 6) is 0.532. The van der Waals surface area contributed by atoms with Crippen molar-refractivity contribution in [1.29, 1.82) is 0 Å². The first kappa shape index (κ1) is 10.0. The molecule has 0 fully saturated rings. The standard InChI is InChI=1S/C8H20BO/c1-5-7-8(6-2)9(3,4)10/h8,10H,5-7H2,1-4H3/q-1. The van der Waals surface area contributed by atoms with Crippen molar-refractivity contribution in [3.05, 3.63) is 0 Å². The molecule has 0 bridgehead atoms. The van der Waals surface area contributed by atoms with Gasteiger partial charge in [0.15, 0.2) is 0 Å². The first-order valence-electron chi connectivity index (χ1n) is 4.48. The van der Waals surface area contributed by atoms with Gasteiger partial charge in [-0.25, -0.2) is 0 Å². The van der Waals surface area contributed by atoms with Crippen LogP contribution < -0.4 is 0 Å². The minimum absolute atomic E-state index is 0.532. The molecule has 0 aliphatic heterocycles. The summed E-state index contributed by atoms with van der Waals surface area (Å²) in [6.07, 6.45) is 2.38. The van der Waals surface area contributed by atoms with E-state index in [1.54, 1.807) is 0 Å². The molecule has 2 heteroatoms. The van der Waals surface area contributed by atoms with Crippen molar-refractivity contribution in [2.75, 3.05) is 0 Å². The molecule has 0 saturated carbocycles. The summed E-state index contributed by atoms with van der Waals surface area (Å²) in [7, 11) is 0. The Balaban J connectivity index is 3.81. The van der Waals surface area contributed by atoms with Crippen LogP contribution in [0, 0.1) is 0 Å². The van der Waals surface area contributed by atoms with Crippen LogP contribution in [-0.2, 0) is 0 Å². The van der Waals surface area contributed by atoms with E-state index in [4.69, 9.17) is 0 Å². The molecular formula is C8H20BO-. The first-order chi connectivity index (χ1) is 4.52. The van der Waals surface area contributed by atoms with Gasteiger partial charge in [-0.15, -0.1) is 5.82 Å². The van der Waals surface area contributed by atoms with Gasteiger partial charge in [-0.3, -0.25) is 0 Å². The molecule has 1 unspecified atom stereocenters. The van der Waals surface area contributed by atoms with E-state index in [-0.39, 0.29) is 0 Å². The zero-order valence-corrected chi connectivity index (χ0v) is 7.72. The van der Waals surface area contributed by atoms with E-state index < -0.39 is 6.35 Å². The Bertz CT molecular complexity index is 85.7. The SMILES string of the molecule is CCCC(CC)[B-](C)(C)O. The average molecular weight is 143 g/mol. The van der Waals surface area contributed by atoms with E-state index in [1.807, 2.05) is 13.6 Å². The van der Waals surface area contributed by atoms with Gasteiger partial charge in [0.05, 0.1) is 0 Å². The van der Waals surface area contributed by atoms with Crippen LogP contribution in [0.15, 0.2) is 0 Å². The van der Waals surface area contributed by atoms with E-state index in [1.165, 1.54) is 12.8 Å². The largest absolute Gasteiger partial charge is 0.604 e. The highest BCUT2D eigenvalue weighted by Crippen LogP contribution is 2.27. The molecule has 62 valence electrons. The highest BCUT2D eigenvalue weighted by molar-refractivity contribution is 6.71. The van der Waals surface area contributed by atoms with E-state index in [9.17, 15) is 5.02 Å². The molecule has 0 aliphatic rings. The van der Waals surface area contributed by atoms with E-state index in [0.29, 0.717) is 5.82 Å². The molecule has 1 atom stereocenters. The maximum atomic E-state index is 9.67. The molecule has 0 saturated heterocycles. The fourth-order valence-corrected chi connectivity index (χ4v) is 1.56. The van der Waals surface area contributed by atoms with Crippen LogP contribution in [0.25, 0.3) is 0 Å². The molecule has 0 aromatic carbocycles. The first-order valence-corrected chi connectivity index (χ1v) is 4.48. The molecule has 0 aromatic rings. The Morgan fingerprint density at radius 2 is 1.80 bits per heavy atom. The maximum absolute atomic E-state index is 9.67. The van der Waals surface area contributed by atoms with Gasteiger partial charge in [0.2, 0.25) is 0 Å². The Morgan fingerprint density at radius 1 is 1.30 bits per heavy atom. The van der Waals surface area contributed by atoms with Crippen molar-refractivity contribution in [1.82, 2.24) is 0 Å². The molecular weight excluding hydrogens is 123 g/mol. The van der Waals surface area contributed by atoms with Crippen LogP contribution in [-0.4, -0.2) is 11.4 Å². The maximum Gasteiger partial charge on any atom is 0.108 e. The summed E-state index contributed by atoms with van der Waals surface area (Å²) in [4.78, 5) is 0. The number of hydrogen-bond acceptors (Lipinski definition) is 1. The third kappa shape index (κ3) is 3.26. The lowest BCUT2D eigenvalue weighted by molar-refractivity contribution is 0.499. The van der Waals surface area contributed by atoms with Crippen molar-refractivity contribution in [3.63, 3.8) is 0 Å². The molecule has 0 rings (SSSR count). The molecule has 1 nitrogen and oxygen atoms in total. The molecule has 1 N–H and O–H groups in total.